The number of methoxy groups -OCH3 is 1. The van der Waals surface area contributed by atoms with Crippen molar-refractivity contribution in [2.24, 2.45) is 5.92 Å². The van der Waals surface area contributed by atoms with Crippen LogP contribution in [-0.2, 0) is 10.0 Å². The fourth-order valence-corrected chi connectivity index (χ4v) is 5.39. The first kappa shape index (κ1) is 16.9. The Morgan fingerprint density at radius 3 is 2.59 bits per heavy atom. The highest BCUT2D eigenvalue weighted by atomic mass is 32.2. The van der Waals surface area contributed by atoms with E-state index >= 15 is 0 Å². The highest BCUT2D eigenvalue weighted by Gasteiger charge is 2.34. The van der Waals surface area contributed by atoms with Crippen molar-refractivity contribution in [3.05, 3.63) is 41.5 Å². The van der Waals surface area contributed by atoms with E-state index in [2.05, 4.69) is 4.98 Å². The Hall–Kier alpha value is -1.44. The third-order valence-corrected chi connectivity index (χ3v) is 6.74. The molecule has 0 bridgehead atoms. The maximum atomic E-state index is 12.9. The maximum Gasteiger partial charge on any atom is 0.256 e. The highest BCUT2D eigenvalue weighted by molar-refractivity contribution is 7.91. The Morgan fingerprint density at radius 1 is 1.32 bits per heavy atom. The Kier molecular flexibility index (Phi) is 5.20. The van der Waals surface area contributed by atoms with Gasteiger partial charge in [0.15, 0.2) is 4.21 Å². The molecule has 0 aliphatic heterocycles. The van der Waals surface area contributed by atoms with Gasteiger partial charge in [-0.3, -0.25) is 4.98 Å². The summed E-state index contributed by atoms with van der Waals surface area (Å²) in [5, 5.41) is 1.72. The predicted octanol–water partition coefficient (Wildman–Crippen LogP) is 3.17. The molecule has 22 heavy (non-hydrogen) atoms. The Bertz CT molecular complexity index is 711. The zero-order chi connectivity index (χ0) is 16.3. The second-order valence-electron chi connectivity index (χ2n) is 5.27. The van der Waals surface area contributed by atoms with Gasteiger partial charge in [0, 0.05) is 19.4 Å². The summed E-state index contributed by atoms with van der Waals surface area (Å²) in [6.45, 7) is 3.99. The van der Waals surface area contributed by atoms with Crippen molar-refractivity contribution in [1.82, 2.24) is 9.29 Å². The van der Waals surface area contributed by atoms with E-state index in [1.165, 1.54) is 11.4 Å². The minimum absolute atomic E-state index is 0.106. The highest BCUT2D eigenvalue weighted by Crippen LogP contribution is 2.37. The molecule has 0 amide bonds. The minimum Gasteiger partial charge on any atom is -0.494 e. The SMILES string of the molecule is COc1ccsc1S(=O)(=O)N(C)[C@H](c1cccnc1)C(C)C. The smallest absolute Gasteiger partial charge is 0.256 e. The summed E-state index contributed by atoms with van der Waals surface area (Å²) in [6.07, 6.45) is 3.39. The lowest BCUT2D eigenvalue weighted by molar-refractivity contribution is 0.299. The summed E-state index contributed by atoms with van der Waals surface area (Å²) in [7, 11) is -0.554. The van der Waals surface area contributed by atoms with Gasteiger partial charge in [-0.2, -0.15) is 4.31 Å². The van der Waals surface area contributed by atoms with E-state index in [0.29, 0.717) is 5.75 Å². The number of nitrogens with zero attached hydrogens (tertiary/aromatic N) is 2. The standard InChI is InChI=1S/C15H20N2O3S2/c1-11(2)14(12-6-5-8-16-10-12)17(3)22(18,19)15-13(20-4)7-9-21-15/h5-11,14H,1-4H3/t14-/m0/s1. The molecule has 1 atom stereocenters. The molecule has 120 valence electrons. The van der Waals surface area contributed by atoms with Crippen LogP contribution in [0.15, 0.2) is 40.2 Å². The molecule has 0 N–H and O–H groups in total. The molecule has 0 aliphatic carbocycles. The average Bonchev–Trinajstić information content (AvgIpc) is 2.97. The number of sulfonamides is 1. The molecular formula is C15H20N2O3S2. The van der Waals surface area contributed by atoms with Crippen molar-refractivity contribution in [3.8, 4) is 5.75 Å². The molecule has 0 radical (unpaired) electrons. The fourth-order valence-electron chi connectivity index (χ4n) is 2.47. The van der Waals surface area contributed by atoms with Crippen molar-refractivity contribution < 1.29 is 13.2 Å². The summed E-state index contributed by atoms with van der Waals surface area (Å²) >= 11 is 1.16. The van der Waals surface area contributed by atoms with Gasteiger partial charge in [-0.15, -0.1) is 11.3 Å². The van der Waals surface area contributed by atoms with Crippen LogP contribution in [0.5, 0.6) is 5.75 Å². The van der Waals surface area contributed by atoms with Gasteiger partial charge in [0.2, 0.25) is 0 Å². The zero-order valence-electron chi connectivity index (χ0n) is 13.1. The molecule has 2 aromatic rings. The molecule has 0 unspecified atom stereocenters. The normalized spacial score (nSPS) is 13.5. The summed E-state index contributed by atoms with van der Waals surface area (Å²) in [4.78, 5) is 4.11. The van der Waals surface area contributed by atoms with Crippen LogP contribution in [0.1, 0.15) is 25.5 Å². The quantitative estimate of drug-likeness (QED) is 0.810. The first-order valence-electron chi connectivity index (χ1n) is 6.89. The first-order valence-corrected chi connectivity index (χ1v) is 9.21. The molecule has 2 rings (SSSR count). The van der Waals surface area contributed by atoms with Crippen molar-refractivity contribution in [2.75, 3.05) is 14.2 Å². The third kappa shape index (κ3) is 3.16. The van der Waals surface area contributed by atoms with Crippen LogP contribution in [-0.4, -0.2) is 31.9 Å². The van der Waals surface area contributed by atoms with E-state index in [1.54, 1.807) is 30.9 Å². The predicted molar refractivity (Wildman–Crippen MR) is 87.6 cm³/mol. The van der Waals surface area contributed by atoms with Gasteiger partial charge in [-0.25, -0.2) is 8.42 Å². The average molecular weight is 340 g/mol. The lowest BCUT2D eigenvalue weighted by Gasteiger charge is -2.30. The van der Waals surface area contributed by atoms with E-state index in [0.717, 1.165) is 16.9 Å². The van der Waals surface area contributed by atoms with Gasteiger partial charge in [-0.1, -0.05) is 19.9 Å². The van der Waals surface area contributed by atoms with E-state index in [-0.39, 0.29) is 16.2 Å². The summed E-state index contributed by atoms with van der Waals surface area (Å²) in [6, 6.07) is 5.09. The first-order chi connectivity index (χ1) is 10.4. The largest absolute Gasteiger partial charge is 0.494 e. The number of hydrogen-bond acceptors (Lipinski definition) is 5. The van der Waals surface area contributed by atoms with E-state index < -0.39 is 10.0 Å². The maximum absolute atomic E-state index is 12.9. The summed E-state index contributed by atoms with van der Waals surface area (Å²) in [5.41, 5.74) is 0.874. The molecule has 0 aliphatic rings. The van der Waals surface area contributed by atoms with E-state index in [9.17, 15) is 8.42 Å². The molecule has 2 heterocycles. The number of rotatable bonds is 6. The lowest BCUT2D eigenvalue weighted by Crippen LogP contribution is -2.34. The van der Waals surface area contributed by atoms with Gasteiger partial charge in [0.25, 0.3) is 10.0 Å². The fraction of sp³-hybridized carbons (Fsp3) is 0.400. The summed E-state index contributed by atoms with van der Waals surface area (Å²) < 4.78 is 32.7. The van der Waals surface area contributed by atoms with Crippen molar-refractivity contribution in [2.45, 2.75) is 24.1 Å². The Balaban J connectivity index is 2.45. The number of ether oxygens (including phenoxy) is 1. The lowest BCUT2D eigenvalue weighted by atomic mass is 9.98. The Morgan fingerprint density at radius 2 is 2.05 bits per heavy atom. The van der Waals surface area contributed by atoms with Gasteiger partial charge in [0.1, 0.15) is 5.75 Å². The number of thiophene rings is 1. The van der Waals surface area contributed by atoms with Crippen LogP contribution in [0, 0.1) is 5.92 Å². The van der Waals surface area contributed by atoms with Gasteiger partial charge >= 0.3 is 0 Å². The number of aromatic nitrogens is 1. The molecule has 0 saturated carbocycles. The molecule has 0 spiro atoms. The van der Waals surface area contributed by atoms with Crippen molar-refractivity contribution in [3.63, 3.8) is 0 Å². The zero-order valence-corrected chi connectivity index (χ0v) is 14.7. The van der Waals surface area contributed by atoms with Crippen LogP contribution in [0.2, 0.25) is 0 Å². The third-order valence-electron chi connectivity index (χ3n) is 3.48. The van der Waals surface area contributed by atoms with Crippen LogP contribution in [0.3, 0.4) is 0 Å². The summed E-state index contributed by atoms with van der Waals surface area (Å²) in [5.74, 6) is 0.487. The van der Waals surface area contributed by atoms with Crippen LogP contribution >= 0.6 is 11.3 Å². The molecular weight excluding hydrogens is 320 g/mol. The van der Waals surface area contributed by atoms with Crippen LogP contribution in [0.25, 0.3) is 0 Å². The minimum atomic E-state index is -3.63. The monoisotopic (exact) mass is 340 g/mol. The van der Waals surface area contributed by atoms with Crippen LogP contribution < -0.4 is 4.74 Å². The number of hydrogen-bond donors (Lipinski definition) is 0. The molecule has 5 nitrogen and oxygen atoms in total. The second kappa shape index (κ2) is 6.76. The molecule has 2 aromatic heterocycles. The van der Waals surface area contributed by atoms with E-state index in [4.69, 9.17) is 4.74 Å². The van der Waals surface area contributed by atoms with Crippen molar-refractivity contribution >= 4 is 21.4 Å². The van der Waals surface area contributed by atoms with E-state index in [1.807, 2.05) is 26.0 Å². The van der Waals surface area contributed by atoms with Crippen molar-refractivity contribution in [1.29, 1.82) is 0 Å². The Labute approximate surface area is 135 Å². The second-order valence-corrected chi connectivity index (χ2v) is 8.38. The van der Waals surface area contributed by atoms with Gasteiger partial charge in [0.05, 0.1) is 13.2 Å². The molecule has 0 aromatic carbocycles. The van der Waals surface area contributed by atoms with Gasteiger partial charge < -0.3 is 4.74 Å². The molecule has 0 fully saturated rings. The van der Waals surface area contributed by atoms with Crippen LogP contribution in [0.4, 0.5) is 0 Å². The topological polar surface area (TPSA) is 59.5 Å². The molecule has 7 heteroatoms. The number of pyridine rings is 1. The molecule has 0 saturated heterocycles. The van der Waals surface area contributed by atoms with Gasteiger partial charge in [-0.05, 0) is 29.0 Å².